The molecule has 2 aromatic rings. The van der Waals surface area contributed by atoms with Crippen molar-refractivity contribution in [1.82, 2.24) is 14.2 Å². The summed E-state index contributed by atoms with van der Waals surface area (Å²) in [5, 5.41) is 4.40. The third-order valence-corrected chi connectivity index (χ3v) is 3.19. The number of hydrogen-bond donors (Lipinski definition) is 0. The molecule has 1 aliphatic carbocycles. The average Bonchev–Trinajstić information content (AvgIpc) is 2.77. The Morgan fingerprint density at radius 3 is 2.86 bits per heavy atom. The monoisotopic (exact) mass is 189 g/mol. The molecule has 2 heterocycles. The molecule has 1 saturated carbocycles. The minimum Gasteiger partial charge on any atom is -0.328 e. The molecule has 0 bridgehead atoms. The highest BCUT2D eigenvalue weighted by molar-refractivity contribution is 5.41. The van der Waals surface area contributed by atoms with E-state index in [4.69, 9.17) is 0 Å². The Morgan fingerprint density at radius 1 is 1.29 bits per heavy atom. The fraction of sp³-hybridized carbons (Fsp3) is 0.545. The van der Waals surface area contributed by atoms with Crippen LogP contribution in [0.4, 0.5) is 0 Å². The molecule has 2 aromatic heterocycles. The van der Waals surface area contributed by atoms with E-state index in [9.17, 15) is 0 Å². The van der Waals surface area contributed by atoms with Crippen LogP contribution in [0.2, 0.25) is 0 Å². The molecule has 74 valence electrons. The van der Waals surface area contributed by atoms with Crippen LogP contribution in [0.15, 0.2) is 18.5 Å². The highest BCUT2D eigenvalue weighted by Crippen LogP contribution is 2.30. The van der Waals surface area contributed by atoms with Crippen LogP contribution in [0.3, 0.4) is 0 Å². The maximum atomic E-state index is 4.40. The summed E-state index contributed by atoms with van der Waals surface area (Å²) in [7, 11) is 0. The number of imidazole rings is 1. The van der Waals surface area contributed by atoms with E-state index < -0.39 is 0 Å². The highest BCUT2D eigenvalue weighted by atomic mass is 15.3. The molecule has 0 radical (unpaired) electrons. The zero-order valence-corrected chi connectivity index (χ0v) is 8.48. The molecule has 14 heavy (non-hydrogen) atoms. The molecule has 0 N–H and O–H groups in total. The van der Waals surface area contributed by atoms with Crippen molar-refractivity contribution in [3.63, 3.8) is 0 Å². The quantitative estimate of drug-likeness (QED) is 0.675. The Morgan fingerprint density at radius 2 is 2.07 bits per heavy atom. The molecule has 0 amide bonds. The van der Waals surface area contributed by atoms with Crippen LogP contribution in [0, 0.1) is 6.92 Å². The number of nitrogens with zero attached hydrogens (tertiary/aromatic N) is 3. The van der Waals surface area contributed by atoms with Crippen LogP contribution in [0.1, 0.15) is 37.4 Å². The maximum absolute atomic E-state index is 4.40. The smallest absolute Gasteiger partial charge is 0.136 e. The molecule has 0 aliphatic heterocycles. The Balaban J connectivity index is 2.10. The molecule has 0 saturated heterocycles. The van der Waals surface area contributed by atoms with Crippen LogP contribution in [-0.4, -0.2) is 14.2 Å². The summed E-state index contributed by atoms with van der Waals surface area (Å²) in [6.07, 6.45) is 9.63. The van der Waals surface area contributed by atoms with Gasteiger partial charge in [-0.05, 0) is 19.8 Å². The van der Waals surface area contributed by atoms with Crippen molar-refractivity contribution in [3.05, 3.63) is 24.2 Å². The first-order chi connectivity index (χ1) is 6.84. The summed E-state index contributed by atoms with van der Waals surface area (Å²) in [6, 6.07) is 2.88. The van der Waals surface area contributed by atoms with E-state index in [1.165, 1.54) is 31.3 Å². The van der Waals surface area contributed by atoms with E-state index in [1.807, 2.05) is 11.4 Å². The van der Waals surface area contributed by atoms with Gasteiger partial charge in [-0.15, -0.1) is 0 Å². The average molecular weight is 189 g/mol. The summed E-state index contributed by atoms with van der Waals surface area (Å²) in [5.41, 5.74) is 2.35. The standard InChI is InChI=1S/C11H15N3/c1-9-8-11-13(6-7-14(11)12-9)10-4-2-3-5-10/h6-8,10H,2-5H2,1H3. The van der Waals surface area contributed by atoms with Gasteiger partial charge in [0.15, 0.2) is 0 Å². The van der Waals surface area contributed by atoms with Gasteiger partial charge < -0.3 is 4.57 Å². The Kier molecular flexibility index (Phi) is 1.66. The van der Waals surface area contributed by atoms with Crippen molar-refractivity contribution in [1.29, 1.82) is 0 Å². The normalized spacial score (nSPS) is 18.4. The Hall–Kier alpha value is -1.25. The molecule has 3 heteroatoms. The van der Waals surface area contributed by atoms with E-state index in [0.29, 0.717) is 6.04 Å². The van der Waals surface area contributed by atoms with E-state index in [0.717, 1.165) is 5.69 Å². The zero-order chi connectivity index (χ0) is 9.54. The predicted octanol–water partition coefficient (Wildman–Crippen LogP) is 2.56. The number of aryl methyl sites for hydroxylation is 1. The van der Waals surface area contributed by atoms with Crippen molar-refractivity contribution in [2.75, 3.05) is 0 Å². The van der Waals surface area contributed by atoms with Crippen LogP contribution in [0.5, 0.6) is 0 Å². The first-order valence-corrected chi connectivity index (χ1v) is 5.37. The van der Waals surface area contributed by atoms with Gasteiger partial charge in [0, 0.05) is 24.5 Å². The number of hydrogen-bond acceptors (Lipinski definition) is 1. The van der Waals surface area contributed by atoms with Crippen LogP contribution < -0.4 is 0 Å². The van der Waals surface area contributed by atoms with Crippen LogP contribution in [0.25, 0.3) is 5.65 Å². The fourth-order valence-electron chi connectivity index (χ4n) is 2.51. The second kappa shape index (κ2) is 2.87. The molecule has 3 rings (SSSR count). The lowest BCUT2D eigenvalue weighted by Crippen LogP contribution is -2.02. The molecule has 0 atom stereocenters. The maximum Gasteiger partial charge on any atom is 0.136 e. The van der Waals surface area contributed by atoms with Gasteiger partial charge in [-0.1, -0.05) is 12.8 Å². The van der Waals surface area contributed by atoms with Crippen molar-refractivity contribution >= 4 is 5.65 Å². The topological polar surface area (TPSA) is 22.2 Å². The first-order valence-electron chi connectivity index (χ1n) is 5.37. The molecular formula is C11H15N3. The van der Waals surface area contributed by atoms with Crippen LogP contribution >= 0.6 is 0 Å². The summed E-state index contributed by atoms with van der Waals surface area (Å²) >= 11 is 0. The van der Waals surface area contributed by atoms with Gasteiger partial charge in [0.2, 0.25) is 0 Å². The number of rotatable bonds is 1. The Bertz CT molecular complexity index is 446. The van der Waals surface area contributed by atoms with Crippen molar-refractivity contribution in [2.24, 2.45) is 0 Å². The van der Waals surface area contributed by atoms with Gasteiger partial charge in [-0.3, -0.25) is 0 Å². The van der Waals surface area contributed by atoms with Gasteiger partial charge >= 0.3 is 0 Å². The predicted molar refractivity (Wildman–Crippen MR) is 55.4 cm³/mol. The number of fused-ring (bicyclic) bond motifs is 1. The highest BCUT2D eigenvalue weighted by Gasteiger charge is 2.18. The SMILES string of the molecule is Cc1cc2n(C3CCCC3)ccn2n1. The lowest BCUT2D eigenvalue weighted by Gasteiger charge is -2.10. The minimum absolute atomic E-state index is 0.712. The molecule has 1 fully saturated rings. The lowest BCUT2D eigenvalue weighted by atomic mass is 10.2. The molecular weight excluding hydrogens is 174 g/mol. The summed E-state index contributed by atoms with van der Waals surface area (Å²) < 4.78 is 4.36. The third kappa shape index (κ3) is 1.08. The molecule has 1 aliphatic rings. The van der Waals surface area contributed by atoms with Crippen LogP contribution in [-0.2, 0) is 0 Å². The largest absolute Gasteiger partial charge is 0.328 e. The van der Waals surface area contributed by atoms with Gasteiger partial charge in [0.05, 0.1) is 5.69 Å². The van der Waals surface area contributed by atoms with E-state index in [-0.39, 0.29) is 0 Å². The molecule has 0 spiro atoms. The molecule has 3 nitrogen and oxygen atoms in total. The lowest BCUT2D eigenvalue weighted by molar-refractivity contribution is 0.533. The zero-order valence-electron chi connectivity index (χ0n) is 8.48. The van der Waals surface area contributed by atoms with Crippen molar-refractivity contribution < 1.29 is 0 Å². The first kappa shape index (κ1) is 8.09. The van der Waals surface area contributed by atoms with Gasteiger partial charge in [0.1, 0.15) is 5.65 Å². The van der Waals surface area contributed by atoms with Crippen molar-refractivity contribution in [2.45, 2.75) is 38.6 Å². The van der Waals surface area contributed by atoms with Crippen molar-refractivity contribution in [3.8, 4) is 0 Å². The molecule has 0 aromatic carbocycles. The second-order valence-corrected chi connectivity index (χ2v) is 4.23. The Labute approximate surface area is 83.3 Å². The summed E-state index contributed by atoms with van der Waals surface area (Å²) in [6.45, 7) is 2.05. The van der Waals surface area contributed by atoms with E-state index in [2.05, 4.69) is 28.1 Å². The van der Waals surface area contributed by atoms with E-state index >= 15 is 0 Å². The summed E-state index contributed by atoms with van der Waals surface area (Å²) in [4.78, 5) is 0. The summed E-state index contributed by atoms with van der Waals surface area (Å²) in [5.74, 6) is 0. The number of aromatic nitrogens is 3. The minimum atomic E-state index is 0.712. The second-order valence-electron chi connectivity index (χ2n) is 4.23. The molecule has 0 unspecified atom stereocenters. The fourth-order valence-corrected chi connectivity index (χ4v) is 2.51. The van der Waals surface area contributed by atoms with Gasteiger partial charge in [-0.2, -0.15) is 5.10 Å². The van der Waals surface area contributed by atoms with Gasteiger partial charge in [0.25, 0.3) is 0 Å². The van der Waals surface area contributed by atoms with E-state index in [1.54, 1.807) is 0 Å². The third-order valence-electron chi connectivity index (χ3n) is 3.19. The van der Waals surface area contributed by atoms with Gasteiger partial charge in [-0.25, -0.2) is 4.52 Å².